The fraction of sp³-hybridized carbons (Fsp3) is 0.857. The number of hydrogen-bond donors (Lipinski definition) is 2. The van der Waals surface area contributed by atoms with Crippen LogP contribution >= 0.6 is 0 Å². The number of hydrogen-bond acceptors (Lipinski definition) is 2. The van der Waals surface area contributed by atoms with E-state index in [-0.39, 0.29) is 6.61 Å². The van der Waals surface area contributed by atoms with Gasteiger partial charge in [-0.15, -0.1) is 0 Å². The van der Waals surface area contributed by atoms with Gasteiger partial charge < -0.3 is 14.7 Å². The summed E-state index contributed by atoms with van der Waals surface area (Å²) in [5, 5.41) is 17.3. The van der Waals surface area contributed by atoms with Crippen LogP contribution in [0.4, 0.5) is 0 Å². The summed E-state index contributed by atoms with van der Waals surface area (Å²) in [5.41, 5.74) is 0. The number of quaternary nitrogens is 1. The zero-order valence-electron chi connectivity index (χ0n) is 7.24. The van der Waals surface area contributed by atoms with Crippen LogP contribution in [0, 0.1) is 0 Å². The first-order valence-corrected chi connectivity index (χ1v) is 3.54. The van der Waals surface area contributed by atoms with Crippen molar-refractivity contribution in [2.45, 2.75) is 12.5 Å². The van der Waals surface area contributed by atoms with E-state index < -0.39 is 12.0 Å². The van der Waals surface area contributed by atoms with Crippen molar-refractivity contribution in [2.24, 2.45) is 0 Å². The van der Waals surface area contributed by atoms with Crippen molar-refractivity contribution >= 4 is 5.97 Å². The highest BCUT2D eigenvalue weighted by atomic mass is 16.4. The Balaban J connectivity index is 4.22. The van der Waals surface area contributed by atoms with Gasteiger partial charge in [-0.2, -0.15) is 0 Å². The average Bonchev–Trinajstić information content (AvgIpc) is 1.79. The monoisotopic (exact) mass is 162 g/mol. The maximum absolute atomic E-state index is 10.6. The van der Waals surface area contributed by atoms with Crippen LogP contribution in [0.2, 0.25) is 0 Å². The SMILES string of the molecule is C[N+](C)(C)[C@@H](CCO)C(=O)O. The number of likely N-dealkylation sites (N-methyl/N-ethyl adjacent to an activating group) is 1. The van der Waals surface area contributed by atoms with E-state index in [9.17, 15) is 4.79 Å². The van der Waals surface area contributed by atoms with E-state index in [1.165, 1.54) is 0 Å². The van der Waals surface area contributed by atoms with Crippen LogP contribution in [-0.2, 0) is 4.79 Å². The van der Waals surface area contributed by atoms with E-state index in [2.05, 4.69) is 0 Å². The Morgan fingerprint density at radius 3 is 2.00 bits per heavy atom. The zero-order valence-corrected chi connectivity index (χ0v) is 7.24. The normalized spacial score (nSPS) is 14.5. The second-order valence-corrected chi connectivity index (χ2v) is 3.48. The minimum absolute atomic E-state index is 0.0769. The first-order valence-electron chi connectivity index (χ1n) is 3.54. The number of nitrogens with zero attached hydrogens (tertiary/aromatic N) is 1. The lowest BCUT2D eigenvalue weighted by Gasteiger charge is -2.30. The minimum Gasteiger partial charge on any atom is -0.477 e. The van der Waals surface area contributed by atoms with Crippen LogP contribution in [0.5, 0.6) is 0 Å². The molecule has 0 fully saturated rings. The van der Waals surface area contributed by atoms with Crippen LogP contribution in [0.15, 0.2) is 0 Å². The molecule has 4 nitrogen and oxygen atoms in total. The highest BCUT2D eigenvalue weighted by Crippen LogP contribution is 2.06. The van der Waals surface area contributed by atoms with Crippen LogP contribution in [0.1, 0.15) is 6.42 Å². The maximum Gasteiger partial charge on any atom is 0.362 e. The summed E-state index contributed by atoms with van der Waals surface area (Å²) in [6.45, 7) is -0.0769. The van der Waals surface area contributed by atoms with Crippen LogP contribution < -0.4 is 0 Å². The van der Waals surface area contributed by atoms with Crippen LogP contribution in [0.25, 0.3) is 0 Å². The first-order chi connectivity index (χ1) is 4.89. The fourth-order valence-electron chi connectivity index (χ4n) is 0.964. The Bertz CT molecular complexity index is 139. The molecule has 11 heavy (non-hydrogen) atoms. The number of carboxylic acids is 1. The molecule has 0 aromatic heterocycles. The molecule has 0 rings (SSSR count). The summed E-state index contributed by atoms with van der Waals surface area (Å²) in [4.78, 5) is 10.6. The van der Waals surface area contributed by atoms with Gasteiger partial charge in [-0.3, -0.25) is 0 Å². The topological polar surface area (TPSA) is 57.5 Å². The quantitative estimate of drug-likeness (QED) is 0.549. The highest BCUT2D eigenvalue weighted by molar-refractivity contribution is 5.72. The number of carbonyl (C=O) groups is 1. The summed E-state index contributed by atoms with van der Waals surface area (Å²) in [6, 6.07) is -0.514. The van der Waals surface area contributed by atoms with Gasteiger partial charge >= 0.3 is 5.97 Å². The van der Waals surface area contributed by atoms with E-state index in [1.54, 1.807) is 21.1 Å². The Morgan fingerprint density at radius 2 is 1.91 bits per heavy atom. The maximum atomic E-state index is 10.6. The number of aliphatic carboxylic acids is 1. The van der Waals surface area contributed by atoms with Crippen molar-refractivity contribution < 1.29 is 19.5 Å². The van der Waals surface area contributed by atoms with Gasteiger partial charge in [-0.25, -0.2) is 4.79 Å². The Morgan fingerprint density at radius 1 is 1.45 bits per heavy atom. The third-order valence-electron chi connectivity index (χ3n) is 1.62. The predicted molar refractivity (Wildman–Crippen MR) is 41.2 cm³/mol. The number of carboxylic acid groups (broad SMARTS) is 1. The summed E-state index contributed by atoms with van der Waals surface area (Å²) < 4.78 is 0.343. The van der Waals surface area contributed by atoms with Gasteiger partial charge in [-0.05, 0) is 0 Å². The molecule has 0 bridgehead atoms. The van der Waals surface area contributed by atoms with Crippen molar-refractivity contribution in [2.75, 3.05) is 27.7 Å². The molecule has 0 aromatic rings. The summed E-state index contributed by atoms with van der Waals surface area (Å²) >= 11 is 0. The third-order valence-corrected chi connectivity index (χ3v) is 1.62. The van der Waals surface area contributed by atoms with Crippen LogP contribution in [-0.4, -0.2) is 54.5 Å². The van der Waals surface area contributed by atoms with Crippen molar-refractivity contribution in [3.8, 4) is 0 Å². The predicted octanol–water partition coefficient (Wildman–Crippen LogP) is -0.472. The van der Waals surface area contributed by atoms with Crippen molar-refractivity contribution in [1.29, 1.82) is 0 Å². The lowest BCUT2D eigenvalue weighted by molar-refractivity contribution is -0.887. The molecule has 0 unspecified atom stereocenters. The van der Waals surface area contributed by atoms with E-state index >= 15 is 0 Å². The molecular weight excluding hydrogens is 146 g/mol. The molecule has 0 aliphatic rings. The Kier molecular flexibility index (Phi) is 3.48. The fourth-order valence-corrected chi connectivity index (χ4v) is 0.964. The van der Waals surface area contributed by atoms with Gasteiger partial charge in [0.25, 0.3) is 0 Å². The molecule has 4 heteroatoms. The van der Waals surface area contributed by atoms with Gasteiger partial charge in [0.05, 0.1) is 21.1 Å². The summed E-state index contributed by atoms with van der Waals surface area (Å²) in [5.74, 6) is -0.855. The Labute approximate surface area is 66.6 Å². The molecular formula is C7H16NO3+. The number of aliphatic hydroxyl groups is 1. The van der Waals surface area contributed by atoms with Crippen molar-refractivity contribution in [3.63, 3.8) is 0 Å². The average molecular weight is 162 g/mol. The molecule has 0 aliphatic heterocycles. The lowest BCUT2D eigenvalue weighted by atomic mass is 10.2. The number of rotatable bonds is 4. The number of aliphatic hydroxyl groups excluding tert-OH is 1. The summed E-state index contributed by atoms with van der Waals surface area (Å²) in [6.07, 6.45) is 0.304. The smallest absolute Gasteiger partial charge is 0.362 e. The summed E-state index contributed by atoms with van der Waals surface area (Å²) in [7, 11) is 5.40. The van der Waals surface area contributed by atoms with Crippen molar-refractivity contribution in [1.82, 2.24) is 0 Å². The zero-order chi connectivity index (χ0) is 9.07. The van der Waals surface area contributed by atoms with Crippen LogP contribution in [0.3, 0.4) is 0 Å². The molecule has 0 saturated carbocycles. The molecule has 0 aliphatic carbocycles. The van der Waals surface area contributed by atoms with E-state index in [1.807, 2.05) is 0 Å². The second kappa shape index (κ2) is 3.69. The van der Waals surface area contributed by atoms with Gasteiger partial charge in [0.15, 0.2) is 6.04 Å². The largest absolute Gasteiger partial charge is 0.477 e. The second-order valence-electron chi connectivity index (χ2n) is 3.48. The molecule has 0 spiro atoms. The van der Waals surface area contributed by atoms with Gasteiger partial charge in [-0.1, -0.05) is 0 Å². The van der Waals surface area contributed by atoms with Crippen molar-refractivity contribution in [3.05, 3.63) is 0 Å². The molecule has 66 valence electrons. The molecule has 0 saturated heterocycles. The van der Waals surface area contributed by atoms with Gasteiger partial charge in [0, 0.05) is 13.0 Å². The highest BCUT2D eigenvalue weighted by Gasteiger charge is 2.30. The minimum atomic E-state index is -0.855. The third kappa shape index (κ3) is 3.34. The molecule has 0 heterocycles. The first kappa shape index (κ1) is 10.4. The van der Waals surface area contributed by atoms with Gasteiger partial charge in [0.1, 0.15) is 0 Å². The van der Waals surface area contributed by atoms with E-state index in [0.29, 0.717) is 10.9 Å². The van der Waals surface area contributed by atoms with E-state index in [0.717, 1.165) is 0 Å². The molecule has 0 aromatic carbocycles. The lowest BCUT2D eigenvalue weighted by Crippen LogP contribution is -2.50. The van der Waals surface area contributed by atoms with Gasteiger partial charge in [0.2, 0.25) is 0 Å². The molecule has 0 amide bonds. The standard InChI is InChI=1S/C7H15NO3/c1-8(2,3)6(4-5-9)7(10)11/h6,9H,4-5H2,1-3H3/p+1/t6-/m0/s1. The molecule has 1 atom stereocenters. The molecule has 0 radical (unpaired) electrons. The molecule has 2 N–H and O–H groups in total. The van der Waals surface area contributed by atoms with E-state index in [4.69, 9.17) is 10.2 Å². The Hall–Kier alpha value is -0.610.